The highest BCUT2D eigenvalue weighted by molar-refractivity contribution is 5.20. The number of H-pyrrole nitrogens is 1. The number of morpholine rings is 1. The van der Waals surface area contributed by atoms with Crippen molar-refractivity contribution in [2.75, 3.05) is 45.9 Å². The van der Waals surface area contributed by atoms with E-state index in [-0.39, 0.29) is 11.1 Å². The molecule has 3 heterocycles. The first-order valence-electron chi connectivity index (χ1n) is 8.59. The van der Waals surface area contributed by atoms with Crippen LogP contribution in [0.3, 0.4) is 0 Å². The first kappa shape index (κ1) is 16.6. The van der Waals surface area contributed by atoms with Gasteiger partial charge < -0.3 is 14.6 Å². The Kier molecular flexibility index (Phi) is 4.85. The van der Waals surface area contributed by atoms with Crippen molar-refractivity contribution < 1.29 is 4.74 Å². The van der Waals surface area contributed by atoms with Crippen LogP contribution >= 0.6 is 0 Å². The van der Waals surface area contributed by atoms with E-state index in [9.17, 15) is 4.79 Å². The van der Waals surface area contributed by atoms with E-state index in [2.05, 4.69) is 33.6 Å². The van der Waals surface area contributed by atoms with Crippen LogP contribution in [0.2, 0.25) is 0 Å². The van der Waals surface area contributed by atoms with Crippen LogP contribution in [-0.4, -0.2) is 71.2 Å². The van der Waals surface area contributed by atoms with Gasteiger partial charge in [-0.05, 0) is 27.2 Å². The zero-order valence-corrected chi connectivity index (χ0v) is 14.5. The molecular formula is C17H28N4O2. The number of aromatic nitrogens is 2. The van der Waals surface area contributed by atoms with Crippen LogP contribution in [-0.2, 0) is 17.6 Å². The lowest BCUT2D eigenvalue weighted by Gasteiger charge is -2.43. The Balaban J connectivity index is 1.67. The molecule has 0 aliphatic carbocycles. The lowest BCUT2D eigenvalue weighted by Crippen LogP contribution is -2.55. The maximum atomic E-state index is 12.1. The van der Waals surface area contributed by atoms with Crippen molar-refractivity contribution in [1.82, 2.24) is 19.8 Å². The molecule has 0 unspecified atom stereocenters. The molecule has 2 aliphatic rings. The summed E-state index contributed by atoms with van der Waals surface area (Å²) < 4.78 is 5.47. The Morgan fingerprint density at radius 2 is 1.87 bits per heavy atom. The molecule has 0 amide bonds. The van der Waals surface area contributed by atoms with E-state index in [1.165, 1.54) is 0 Å². The summed E-state index contributed by atoms with van der Waals surface area (Å²) in [5.41, 5.74) is 2.03. The number of aromatic amines is 1. The molecule has 0 radical (unpaired) electrons. The lowest BCUT2D eigenvalue weighted by atomic mass is 10.0. The molecular weight excluding hydrogens is 292 g/mol. The van der Waals surface area contributed by atoms with Gasteiger partial charge in [-0.2, -0.15) is 0 Å². The summed E-state index contributed by atoms with van der Waals surface area (Å²) in [6.45, 7) is 13.0. The summed E-state index contributed by atoms with van der Waals surface area (Å²) in [5.74, 6) is 0.718. The lowest BCUT2D eigenvalue weighted by molar-refractivity contribution is -0.0213. The monoisotopic (exact) mass is 320 g/mol. The van der Waals surface area contributed by atoms with Gasteiger partial charge in [0.1, 0.15) is 5.82 Å². The van der Waals surface area contributed by atoms with E-state index >= 15 is 0 Å². The van der Waals surface area contributed by atoms with Gasteiger partial charge in [0.05, 0.1) is 18.9 Å². The normalized spacial score (nSPS) is 21.0. The van der Waals surface area contributed by atoms with Crippen molar-refractivity contribution in [1.29, 1.82) is 0 Å². The number of hydrogen-bond donors (Lipinski definition) is 1. The minimum absolute atomic E-state index is 0.0433. The molecule has 6 nitrogen and oxygen atoms in total. The SMILES string of the molecule is Cc1nc2c(c(=O)[nH]1)CCN(CC(C)(C)N1CCOCC1)CC2. The average molecular weight is 320 g/mol. The second-order valence-corrected chi connectivity index (χ2v) is 7.26. The minimum Gasteiger partial charge on any atom is -0.379 e. The number of nitrogens with one attached hydrogen (secondary N) is 1. The van der Waals surface area contributed by atoms with Crippen molar-refractivity contribution in [2.45, 2.75) is 39.2 Å². The molecule has 1 aromatic heterocycles. The first-order chi connectivity index (χ1) is 11.0. The van der Waals surface area contributed by atoms with Crippen LogP contribution in [0.15, 0.2) is 4.79 Å². The fourth-order valence-electron chi connectivity index (χ4n) is 3.75. The number of aryl methyl sites for hydroxylation is 1. The average Bonchev–Trinajstić information content (AvgIpc) is 2.71. The predicted octanol–water partition coefficient (Wildman–Crippen LogP) is 0.590. The van der Waals surface area contributed by atoms with Gasteiger partial charge >= 0.3 is 0 Å². The van der Waals surface area contributed by atoms with Crippen LogP contribution < -0.4 is 5.56 Å². The third kappa shape index (κ3) is 3.82. The van der Waals surface area contributed by atoms with Gasteiger partial charge in [-0.25, -0.2) is 4.98 Å². The highest BCUT2D eigenvalue weighted by atomic mass is 16.5. The quantitative estimate of drug-likeness (QED) is 0.883. The highest BCUT2D eigenvalue weighted by Crippen LogP contribution is 2.20. The molecule has 0 bridgehead atoms. The molecule has 128 valence electrons. The Morgan fingerprint density at radius 3 is 2.61 bits per heavy atom. The van der Waals surface area contributed by atoms with Gasteiger partial charge in [-0.3, -0.25) is 9.69 Å². The van der Waals surface area contributed by atoms with Gasteiger partial charge in [-0.1, -0.05) is 0 Å². The van der Waals surface area contributed by atoms with Crippen molar-refractivity contribution >= 4 is 0 Å². The third-order valence-electron chi connectivity index (χ3n) is 5.04. The Hall–Kier alpha value is -1.24. The summed E-state index contributed by atoms with van der Waals surface area (Å²) in [7, 11) is 0. The molecule has 2 aliphatic heterocycles. The molecule has 1 aromatic rings. The minimum atomic E-state index is 0.0433. The Bertz CT molecular complexity index is 605. The van der Waals surface area contributed by atoms with Crippen molar-refractivity contribution in [2.24, 2.45) is 0 Å². The summed E-state index contributed by atoms with van der Waals surface area (Å²) in [6, 6.07) is 0. The first-order valence-corrected chi connectivity index (χ1v) is 8.59. The fourth-order valence-corrected chi connectivity index (χ4v) is 3.75. The van der Waals surface area contributed by atoms with E-state index in [1.54, 1.807) is 0 Å². The van der Waals surface area contributed by atoms with Crippen LogP contribution in [0, 0.1) is 6.92 Å². The Morgan fingerprint density at radius 1 is 1.17 bits per heavy atom. The molecule has 6 heteroatoms. The van der Waals surface area contributed by atoms with E-state index in [0.717, 1.165) is 75.9 Å². The molecule has 3 rings (SSSR count). The Labute approximate surface area is 137 Å². The van der Waals surface area contributed by atoms with E-state index in [4.69, 9.17) is 4.74 Å². The molecule has 0 atom stereocenters. The van der Waals surface area contributed by atoms with Gasteiger partial charge in [0.2, 0.25) is 0 Å². The largest absolute Gasteiger partial charge is 0.379 e. The maximum Gasteiger partial charge on any atom is 0.254 e. The predicted molar refractivity (Wildman–Crippen MR) is 89.9 cm³/mol. The number of hydrogen-bond acceptors (Lipinski definition) is 5. The van der Waals surface area contributed by atoms with Gasteiger partial charge in [0.25, 0.3) is 5.56 Å². The molecule has 0 saturated carbocycles. The summed E-state index contributed by atoms with van der Waals surface area (Å²) >= 11 is 0. The fraction of sp³-hybridized carbons (Fsp3) is 0.765. The number of fused-ring (bicyclic) bond motifs is 1. The summed E-state index contributed by atoms with van der Waals surface area (Å²) in [4.78, 5) is 24.5. The number of nitrogens with zero attached hydrogens (tertiary/aromatic N) is 3. The van der Waals surface area contributed by atoms with Crippen molar-refractivity contribution in [3.05, 3.63) is 27.4 Å². The summed E-state index contributed by atoms with van der Waals surface area (Å²) in [5, 5.41) is 0. The standard InChI is InChI=1S/C17H28N4O2/c1-13-18-15-5-7-20(6-4-14(15)16(22)19-13)12-17(2,3)21-8-10-23-11-9-21/h4-12H2,1-3H3,(H,18,19,22). The highest BCUT2D eigenvalue weighted by Gasteiger charge is 2.31. The summed E-state index contributed by atoms with van der Waals surface area (Å²) in [6.07, 6.45) is 1.65. The second kappa shape index (κ2) is 6.71. The molecule has 0 aromatic carbocycles. The molecule has 1 saturated heterocycles. The number of ether oxygens (including phenoxy) is 1. The number of rotatable bonds is 3. The molecule has 1 fully saturated rings. The van der Waals surface area contributed by atoms with Crippen molar-refractivity contribution in [3.8, 4) is 0 Å². The molecule has 0 spiro atoms. The zero-order chi connectivity index (χ0) is 16.4. The third-order valence-corrected chi connectivity index (χ3v) is 5.04. The van der Waals surface area contributed by atoms with Crippen molar-refractivity contribution in [3.63, 3.8) is 0 Å². The van der Waals surface area contributed by atoms with E-state index in [1.807, 2.05) is 6.92 Å². The van der Waals surface area contributed by atoms with Crippen LogP contribution in [0.5, 0.6) is 0 Å². The van der Waals surface area contributed by atoms with Crippen LogP contribution in [0.4, 0.5) is 0 Å². The smallest absolute Gasteiger partial charge is 0.254 e. The van der Waals surface area contributed by atoms with Gasteiger partial charge in [0, 0.05) is 50.2 Å². The topological polar surface area (TPSA) is 61.5 Å². The van der Waals surface area contributed by atoms with E-state index in [0.29, 0.717) is 0 Å². The molecule has 1 N–H and O–H groups in total. The molecule has 23 heavy (non-hydrogen) atoms. The van der Waals surface area contributed by atoms with Gasteiger partial charge in [-0.15, -0.1) is 0 Å². The van der Waals surface area contributed by atoms with Crippen LogP contribution in [0.25, 0.3) is 0 Å². The van der Waals surface area contributed by atoms with E-state index < -0.39 is 0 Å². The van der Waals surface area contributed by atoms with Gasteiger partial charge in [0.15, 0.2) is 0 Å². The van der Waals surface area contributed by atoms with Crippen LogP contribution in [0.1, 0.15) is 30.9 Å². The zero-order valence-electron chi connectivity index (χ0n) is 14.5. The maximum absolute atomic E-state index is 12.1. The second-order valence-electron chi connectivity index (χ2n) is 7.26.